The number of carbonyl (C=O) groups excluding carboxylic acids is 1. The molecule has 1 heterocycles. The van der Waals surface area contributed by atoms with Crippen molar-refractivity contribution in [2.24, 2.45) is 0 Å². The van der Waals surface area contributed by atoms with Gasteiger partial charge in [0.15, 0.2) is 0 Å². The Morgan fingerprint density at radius 2 is 1.87 bits per heavy atom. The third-order valence-corrected chi connectivity index (χ3v) is 3.33. The van der Waals surface area contributed by atoms with Crippen LogP contribution >= 0.6 is 15.9 Å². The first-order chi connectivity index (χ1) is 10.8. The highest BCUT2D eigenvalue weighted by molar-refractivity contribution is 9.10. The van der Waals surface area contributed by atoms with Crippen LogP contribution in [-0.2, 0) is 11.3 Å². The Kier molecular flexibility index (Phi) is 5.60. The molecule has 23 heavy (non-hydrogen) atoms. The Hall–Kier alpha value is -2.08. The number of nitrogens with one attached hydrogen (secondary N) is 2. The summed E-state index contributed by atoms with van der Waals surface area (Å²) in [4.78, 5) is 15.9. The standard InChI is InChI=1S/C17H20BrN3O2/c1-17(2,3)23-16(22)21-15-9-8-14(11-20-15)19-10-12-4-6-13(18)7-5-12/h4-9,11,19H,10H2,1-3H3,(H,20,21,22). The fourth-order valence-electron chi connectivity index (χ4n) is 1.79. The van der Waals surface area contributed by atoms with E-state index in [4.69, 9.17) is 4.74 Å². The summed E-state index contributed by atoms with van der Waals surface area (Å²) in [5.74, 6) is 0.452. The smallest absolute Gasteiger partial charge is 0.413 e. The number of amides is 1. The number of anilines is 2. The number of rotatable bonds is 4. The Morgan fingerprint density at radius 1 is 1.17 bits per heavy atom. The van der Waals surface area contributed by atoms with Gasteiger partial charge in [-0.1, -0.05) is 28.1 Å². The zero-order valence-electron chi connectivity index (χ0n) is 13.4. The quantitative estimate of drug-likeness (QED) is 0.802. The van der Waals surface area contributed by atoms with E-state index in [0.29, 0.717) is 12.4 Å². The van der Waals surface area contributed by atoms with E-state index >= 15 is 0 Å². The van der Waals surface area contributed by atoms with Crippen molar-refractivity contribution in [1.29, 1.82) is 0 Å². The van der Waals surface area contributed by atoms with Crippen LogP contribution in [0.2, 0.25) is 0 Å². The third-order valence-electron chi connectivity index (χ3n) is 2.80. The lowest BCUT2D eigenvalue weighted by molar-refractivity contribution is 0.0635. The maximum atomic E-state index is 11.7. The maximum Gasteiger partial charge on any atom is 0.413 e. The molecule has 0 bridgehead atoms. The molecule has 0 saturated carbocycles. The number of benzene rings is 1. The van der Waals surface area contributed by atoms with Gasteiger partial charge in [-0.15, -0.1) is 0 Å². The Labute approximate surface area is 144 Å². The number of hydrogen-bond acceptors (Lipinski definition) is 4. The van der Waals surface area contributed by atoms with E-state index in [2.05, 4.69) is 31.5 Å². The molecule has 122 valence electrons. The first kappa shape index (κ1) is 17.3. The summed E-state index contributed by atoms with van der Waals surface area (Å²) in [7, 11) is 0. The van der Waals surface area contributed by atoms with Crippen LogP contribution in [0.1, 0.15) is 26.3 Å². The van der Waals surface area contributed by atoms with E-state index in [0.717, 1.165) is 10.2 Å². The fraction of sp³-hybridized carbons (Fsp3) is 0.294. The molecule has 1 amide bonds. The normalized spacial score (nSPS) is 11.0. The largest absolute Gasteiger partial charge is 0.444 e. The first-order valence-electron chi connectivity index (χ1n) is 7.26. The van der Waals surface area contributed by atoms with E-state index < -0.39 is 11.7 Å². The molecule has 1 aromatic heterocycles. The molecule has 6 heteroatoms. The van der Waals surface area contributed by atoms with Crippen molar-refractivity contribution in [3.05, 3.63) is 52.6 Å². The molecule has 2 N–H and O–H groups in total. The highest BCUT2D eigenvalue weighted by atomic mass is 79.9. The average Bonchev–Trinajstić information content (AvgIpc) is 2.46. The van der Waals surface area contributed by atoms with Gasteiger partial charge >= 0.3 is 6.09 Å². The van der Waals surface area contributed by atoms with Crippen LogP contribution in [0.25, 0.3) is 0 Å². The SMILES string of the molecule is CC(C)(C)OC(=O)Nc1ccc(NCc2ccc(Br)cc2)cn1. The molecule has 0 atom stereocenters. The molecule has 0 fully saturated rings. The number of carbonyl (C=O) groups is 1. The van der Waals surface area contributed by atoms with Crippen LogP contribution in [0.15, 0.2) is 47.1 Å². The zero-order chi connectivity index (χ0) is 16.9. The van der Waals surface area contributed by atoms with Crippen LogP contribution in [0.5, 0.6) is 0 Å². The van der Waals surface area contributed by atoms with Gasteiger partial charge in [-0.25, -0.2) is 9.78 Å². The maximum absolute atomic E-state index is 11.7. The van der Waals surface area contributed by atoms with Gasteiger partial charge in [0.1, 0.15) is 11.4 Å². The molecule has 0 radical (unpaired) electrons. The van der Waals surface area contributed by atoms with Crippen molar-refractivity contribution >= 4 is 33.5 Å². The minimum absolute atomic E-state index is 0.452. The highest BCUT2D eigenvalue weighted by Crippen LogP contribution is 2.15. The van der Waals surface area contributed by atoms with Crippen LogP contribution in [0.3, 0.4) is 0 Å². The van der Waals surface area contributed by atoms with Crippen LogP contribution < -0.4 is 10.6 Å². The molecule has 0 unspecified atom stereocenters. The lowest BCUT2D eigenvalue weighted by atomic mass is 10.2. The van der Waals surface area contributed by atoms with Gasteiger partial charge in [0.25, 0.3) is 0 Å². The van der Waals surface area contributed by atoms with Gasteiger partial charge in [0.05, 0.1) is 11.9 Å². The Balaban J connectivity index is 1.87. The number of nitrogens with zero attached hydrogens (tertiary/aromatic N) is 1. The predicted octanol–water partition coefficient (Wildman–Crippen LogP) is 4.80. The van der Waals surface area contributed by atoms with Crippen molar-refractivity contribution < 1.29 is 9.53 Å². The van der Waals surface area contributed by atoms with Crippen molar-refractivity contribution in [2.45, 2.75) is 32.9 Å². The molecule has 2 aromatic rings. The highest BCUT2D eigenvalue weighted by Gasteiger charge is 2.16. The summed E-state index contributed by atoms with van der Waals surface area (Å²) < 4.78 is 6.23. The van der Waals surface area contributed by atoms with Crippen LogP contribution in [-0.4, -0.2) is 16.7 Å². The van der Waals surface area contributed by atoms with Gasteiger partial charge in [-0.2, -0.15) is 0 Å². The van der Waals surface area contributed by atoms with E-state index in [1.807, 2.05) is 51.1 Å². The predicted molar refractivity (Wildman–Crippen MR) is 95.6 cm³/mol. The molecule has 0 aliphatic carbocycles. The van der Waals surface area contributed by atoms with E-state index in [1.165, 1.54) is 5.56 Å². The third kappa shape index (κ3) is 6.28. The van der Waals surface area contributed by atoms with Gasteiger partial charge < -0.3 is 10.1 Å². The van der Waals surface area contributed by atoms with Gasteiger partial charge in [0.2, 0.25) is 0 Å². The molecule has 5 nitrogen and oxygen atoms in total. The molecule has 0 aliphatic rings. The summed E-state index contributed by atoms with van der Waals surface area (Å²) in [5.41, 5.74) is 1.52. The van der Waals surface area contributed by atoms with Crippen LogP contribution in [0, 0.1) is 0 Å². The van der Waals surface area contributed by atoms with Crippen molar-refractivity contribution in [3.63, 3.8) is 0 Å². The zero-order valence-corrected chi connectivity index (χ0v) is 15.0. The lowest BCUT2D eigenvalue weighted by Crippen LogP contribution is -2.27. The number of ether oxygens (including phenoxy) is 1. The second kappa shape index (κ2) is 7.46. The first-order valence-corrected chi connectivity index (χ1v) is 8.05. The molecule has 1 aromatic carbocycles. The molecule has 0 spiro atoms. The van der Waals surface area contributed by atoms with Crippen molar-refractivity contribution in [1.82, 2.24) is 4.98 Å². The Morgan fingerprint density at radius 3 is 2.43 bits per heavy atom. The number of halogens is 1. The molecule has 0 saturated heterocycles. The number of hydrogen-bond donors (Lipinski definition) is 2. The lowest BCUT2D eigenvalue weighted by Gasteiger charge is -2.19. The summed E-state index contributed by atoms with van der Waals surface area (Å²) in [5, 5.41) is 5.88. The van der Waals surface area contributed by atoms with E-state index in [1.54, 1.807) is 12.3 Å². The monoisotopic (exact) mass is 377 g/mol. The molecule has 2 rings (SSSR count). The topological polar surface area (TPSA) is 63.2 Å². The molecular weight excluding hydrogens is 358 g/mol. The Bertz CT molecular complexity index is 649. The van der Waals surface area contributed by atoms with E-state index in [-0.39, 0.29) is 0 Å². The number of aromatic nitrogens is 1. The summed E-state index contributed by atoms with van der Waals surface area (Å²) in [6.07, 6.45) is 1.16. The van der Waals surface area contributed by atoms with Crippen molar-refractivity contribution in [3.8, 4) is 0 Å². The minimum Gasteiger partial charge on any atom is -0.444 e. The van der Waals surface area contributed by atoms with Crippen molar-refractivity contribution in [2.75, 3.05) is 10.6 Å². The van der Waals surface area contributed by atoms with Gasteiger partial charge in [-0.05, 0) is 50.6 Å². The average molecular weight is 378 g/mol. The van der Waals surface area contributed by atoms with Gasteiger partial charge in [0, 0.05) is 11.0 Å². The van der Waals surface area contributed by atoms with Gasteiger partial charge in [-0.3, -0.25) is 5.32 Å². The summed E-state index contributed by atoms with van der Waals surface area (Å²) in [6.45, 7) is 6.15. The molecule has 0 aliphatic heterocycles. The summed E-state index contributed by atoms with van der Waals surface area (Å²) >= 11 is 3.41. The molecular formula is C17H20BrN3O2. The van der Waals surface area contributed by atoms with Crippen LogP contribution in [0.4, 0.5) is 16.3 Å². The number of pyridine rings is 1. The second-order valence-corrected chi connectivity index (χ2v) is 6.95. The second-order valence-electron chi connectivity index (χ2n) is 6.04. The fourth-order valence-corrected chi connectivity index (χ4v) is 2.05. The summed E-state index contributed by atoms with van der Waals surface area (Å²) in [6, 6.07) is 11.7. The van der Waals surface area contributed by atoms with E-state index in [9.17, 15) is 4.79 Å². The minimum atomic E-state index is -0.531.